The van der Waals surface area contributed by atoms with Gasteiger partial charge in [-0.3, -0.25) is 9.36 Å². The molecular weight excluding hydrogens is 278 g/mol. The third kappa shape index (κ3) is 2.61. The van der Waals surface area contributed by atoms with E-state index in [0.29, 0.717) is 17.1 Å². The third-order valence-corrected chi connectivity index (χ3v) is 4.97. The molecule has 20 heavy (non-hydrogen) atoms. The lowest BCUT2D eigenvalue weighted by Crippen LogP contribution is -2.24. The van der Waals surface area contributed by atoms with Gasteiger partial charge in [0.05, 0.1) is 23.6 Å². The molecule has 7 nitrogen and oxygen atoms in total. The molecule has 2 rings (SSSR count). The minimum Gasteiger partial charge on any atom is -0.273 e. The zero-order valence-corrected chi connectivity index (χ0v) is 13.1. The van der Waals surface area contributed by atoms with Gasteiger partial charge in [-0.1, -0.05) is 0 Å². The fourth-order valence-corrected chi connectivity index (χ4v) is 3.54. The molecule has 0 aliphatic heterocycles. The second kappa shape index (κ2) is 5.02. The molecule has 0 amide bonds. The third-order valence-electron chi connectivity index (χ3n) is 3.32. The summed E-state index contributed by atoms with van der Waals surface area (Å²) in [6.07, 6.45) is 0. The van der Waals surface area contributed by atoms with Crippen LogP contribution in [0.3, 0.4) is 0 Å². The Morgan fingerprint density at radius 1 is 1.15 bits per heavy atom. The summed E-state index contributed by atoms with van der Waals surface area (Å²) in [5.74, 6) is 0. The summed E-state index contributed by atoms with van der Waals surface area (Å²) in [6.45, 7) is 5.50. The number of aromatic nitrogens is 4. The lowest BCUT2D eigenvalue weighted by atomic mass is 10.4. The first-order valence-corrected chi connectivity index (χ1v) is 7.70. The highest BCUT2D eigenvalue weighted by Gasteiger charge is 2.23. The largest absolute Gasteiger partial charge is 0.273 e. The van der Waals surface area contributed by atoms with Crippen molar-refractivity contribution in [2.45, 2.75) is 32.2 Å². The Kier molecular flexibility index (Phi) is 3.70. The van der Waals surface area contributed by atoms with Crippen LogP contribution in [0.4, 0.5) is 0 Å². The molecule has 0 radical (unpaired) electrons. The van der Waals surface area contributed by atoms with Crippen molar-refractivity contribution in [3.63, 3.8) is 0 Å². The van der Waals surface area contributed by atoms with Crippen LogP contribution in [-0.2, 0) is 30.7 Å². The maximum Gasteiger partial charge on any atom is 0.244 e. The standard InChI is InChI=1S/C12H19N5O2S/c1-8-6-11(15-16(8)4)7-13-20(18,19)12-9(2)14-17(5)10(12)3/h6,13H,7H2,1-5H3. The molecule has 1 N–H and O–H groups in total. The van der Waals surface area contributed by atoms with Crippen LogP contribution in [0.15, 0.2) is 11.0 Å². The molecule has 0 aliphatic carbocycles. The second-order valence-corrected chi connectivity index (χ2v) is 6.55. The Labute approximate surface area is 118 Å². The van der Waals surface area contributed by atoms with E-state index in [9.17, 15) is 8.42 Å². The highest BCUT2D eigenvalue weighted by atomic mass is 32.2. The first-order chi connectivity index (χ1) is 9.22. The number of sulfonamides is 1. The van der Waals surface area contributed by atoms with Crippen LogP contribution >= 0.6 is 0 Å². The van der Waals surface area contributed by atoms with E-state index in [1.54, 1.807) is 30.3 Å². The number of nitrogens with one attached hydrogen (secondary N) is 1. The first kappa shape index (κ1) is 14.7. The fourth-order valence-electron chi connectivity index (χ4n) is 2.11. The van der Waals surface area contributed by atoms with Crippen molar-refractivity contribution < 1.29 is 8.42 Å². The van der Waals surface area contributed by atoms with Crippen molar-refractivity contribution in [2.75, 3.05) is 0 Å². The molecule has 0 fully saturated rings. The first-order valence-electron chi connectivity index (χ1n) is 6.21. The van der Waals surface area contributed by atoms with Crippen LogP contribution < -0.4 is 4.72 Å². The van der Waals surface area contributed by atoms with Crippen LogP contribution in [-0.4, -0.2) is 28.0 Å². The molecule has 0 saturated carbocycles. The Hall–Kier alpha value is -1.67. The molecule has 2 aromatic heterocycles. The average molecular weight is 297 g/mol. The average Bonchev–Trinajstić information content (AvgIpc) is 2.78. The summed E-state index contributed by atoms with van der Waals surface area (Å²) in [5.41, 5.74) is 2.78. The van der Waals surface area contributed by atoms with Crippen molar-refractivity contribution in [3.8, 4) is 0 Å². The van der Waals surface area contributed by atoms with E-state index in [-0.39, 0.29) is 11.4 Å². The van der Waals surface area contributed by atoms with Crippen molar-refractivity contribution in [2.24, 2.45) is 14.1 Å². The van der Waals surface area contributed by atoms with Crippen molar-refractivity contribution >= 4 is 10.0 Å². The van der Waals surface area contributed by atoms with Crippen LogP contribution in [0.5, 0.6) is 0 Å². The molecule has 2 heterocycles. The van der Waals surface area contributed by atoms with Crippen LogP contribution in [0, 0.1) is 20.8 Å². The van der Waals surface area contributed by atoms with Crippen molar-refractivity contribution in [1.82, 2.24) is 24.3 Å². The molecule has 110 valence electrons. The zero-order valence-electron chi connectivity index (χ0n) is 12.3. The molecule has 2 aromatic rings. The summed E-state index contributed by atoms with van der Waals surface area (Å²) in [5, 5.41) is 8.35. The van der Waals surface area contributed by atoms with E-state index < -0.39 is 10.0 Å². The fraction of sp³-hybridized carbons (Fsp3) is 0.500. The van der Waals surface area contributed by atoms with Gasteiger partial charge in [0, 0.05) is 19.8 Å². The number of hydrogen-bond acceptors (Lipinski definition) is 4. The predicted molar refractivity (Wildman–Crippen MR) is 74.7 cm³/mol. The van der Waals surface area contributed by atoms with Crippen molar-refractivity contribution in [3.05, 3.63) is 28.8 Å². The topological polar surface area (TPSA) is 81.8 Å². The van der Waals surface area contributed by atoms with E-state index >= 15 is 0 Å². The molecule has 0 aliphatic rings. The van der Waals surface area contributed by atoms with Gasteiger partial charge in [-0.05, 0) is 26.8 Å². The Morgan fingerprint density at radius 3 is 2.25 bits per heavy atom. The van der Waals surface area contributed by atoms with Gasteiger partial charge in [0.15, 0.2) is 0 Å². The van der Waals surface area contributed by atoms with E-state index in [1.807, 2.05) is 20.0 Å². The number of rotatable bonds is 4. The van der Waals surface area contributed by atoms with Crippen LogP contribution in [0.2, 0.25) is 0 Å². The SMILES string of the molecule is Cc1nn(C)c(C)c1S(=O)(=O)NCc1cc(C)n(C)n1. The van der Waals surface area contributed by atoms with E-state index in [2.05, 4.69) is 14.9 Å². The molecule has 8 heteroatoms. The monoisotopic (exact) mass is 297 g/mol. The second-order valence-electron chi connectivity index (χ2n) is 4.85. The van der Waals surface area contributed by atoms with Crippen LogP contribution in [0.25, 0.3) is 0 Å². The van der Waals surface area contributed by atoms with Gasteiger partial charge < -0.3 is 0 Å². The summed E-state index contributed by atoms with van der Waals surface area (Å²) in [6, 6.07) is 1.85. The van der Waals surface area contributed by atoms with E-state index in [0.717, 1.165) is 5.69 Å². The van der Waals surface area contributed by atoms with E-state index in [1.165, 1.54) is 0 Å². The molecule has 0 saturated heterocycles. The van der Waals surface area contributed by atoms with Crippen molar-refractivity contribution in [1.29, 1.82) is 0 Å². The molecular formula is C12H19N5O2S. The minimum atomic E-state index is -3.59. The van der Waals surface area contributed by atoms with Gasteiger partial charge in [0.25, 0.3) is 0 Å². The highest BCUT2D eigenvalue weighted by molar-refractivity contribution is 7.89. The molecule has 0 aromatic carbocycles. The lowest BCUT2D eigenvalue weighted by Gasteiger charge is -2.05. The van der Waals surface area contributed by atoms with Gasteiger partial charge in [0.1, 0.15) is 4.90 Å². The maximum atomic E-state index is 12.4. The number of nitrogens with zero attached hydrogens (tertiary/aromatic N) is 4. The normalized spacial score (nSPS) is 12.1. The number of aryl methyl sites for hydroxylation is 4. The van der Waals surface area contributed by atoms with Gasteiger partial charge in [-0.15, -0.1) is 0 Å². The Morgan fingerprint density at radius 2 is 1.80 bits per heavy atom. The minimum absolute atomic E-state index is 0.164. The van der Waals surface area contributed by atoms with Gasteiger partial charge in [-0.25, -0.2) is 13.1 Å². The smallest absolute Gasteiger partial charge is 0.244 e. The predicted octanol–water partition coefficient (Wildman–Crippen LogP) is 0.557. The van der Waals surface area contributed by atoms with Gasteiger partial charge in [-0.2, -0.15) is 10.2 Å². The van der Waals surface area contributed by atoms with Gasteiger partial charge >= 0.3 is 0 Å². The Balaban J connectivity index is 2.23. The lowest BCUT2D eigenvalue weighted by molar-refractivity contribution is 0.578. The molecule has 0 spiro atoms. The van der Waals surface area contributed by atoms with Crippen LogP contribution in [0.1, 0.15) is 22.8 Å². The highest BCUT2D eigenvalue weighted by Crippen LogP contribution is 2.18. The summed E-state index contributed by atoms with van der Waals surface area (Å²) >= 11 is 0. The summed E-state index contributed by atoms with van der Waals surface area (Å²) in [4.78, 5) is 0.243. The molecule has 0 bridgehead atoms. The molecule has 0 unspecified atom stereocenters. The molecule has 0 atom stereocenters. The zero-order chi connectivity index (χ0) is 15.1. The number of hydrogen-bond donors (Lipinski definition) is 1. The summed E-state index contributed by atoms with van der Waals surface area (Å²) in [7, 11) is -0.0373. The summed E-state index contributed by atoms with van der Waals surface area (Å²) < 4.78 is 30.6. The van der Waals surface area contributed by atoms with E-state index in [4.69, 9.17) is 0 Å². The Bertz CT molecular complexity index is 723. The maximum absolute atomic E-state index is 12.4. The quantitative estimate of drug-likeness (QED) is 0.894. The van der Waals surface area contributed by atoms with Gasteiger partial charge in [0.2, 0.25) is 10.0 Å².